The summed E-state index contributed by atoms with van der Waals surface area (Å²) < 4.78 is 13.6. The number of aromatic nitrogens is 1. The Bertz CT molecular complexity index is 1420. The molecular formula is C27H20ClFN2O3. The number of hydrogen-bond acceptors (Lipinski definition) is 3. The van der Waals surface area contributed by atoms with Crippen LogP contribution in [0.1, 0.15) is 22.7 Å². The molecule has 2 N–H and O–H groups in total. The standard InChI is InChI=1S/C27H20ClFN2O3/c28-19-9-5-17(6-10-19)25(32)23-24(16-7-11-20(29)12-8-16)31(27(34)26(23)33)14-13-18-15-30-22-4-2-1-3-21(18)22/h1-12,15,24,30,32H,13-14H2/b25-23-. The molecule has 7 heteroatoms. The number of carbonyl (C=O) groups excluding carboxylic acids is 2. The van der Waals surface area contributed by atoms with E-state index in [1.165, 1.54) is 29.2 Å². The molecule has 1 aliphatic heterocycles. The number of nitrogens with zero attached hydrogens (tertiary/aromatic N) is 1. The smallest absolute Gasteiger partial charge is 0.295 e. The second-order valence-electron chi connectivity index (χ2n) is 8.16. The van der Waals surface area contributed by atoms with E-state index >= 15 is 0 Å². The molecule has 5 nitrogen and oxygen atoms in total. The Morgan fingerprint density at radius 3 is 2.44 bits per heavy atom. The number of aromatic amines is 1. The Balaban J connectivity index is 1.56. The van der Waals surface area contributed by atoms with E-state index in [4.69, 9.17) is 11.6 Å². The summed E-state index contributed by atoms with van der Waals surface area (Å²) in [6.07, 6.45) is 2.39. The molecule has 1 amide bonds. The van der Waals surface area contributed by atoms with Gasteiger partial charge in [-0.05, 0) is 60.0 Å². The number of para-hydroxylation sites is 1. The zero-order chi connectivity index (χ0) is 23.8. The predicted octanol–water partition coefficient (Wildman–Crippen LogP) is 5.62. The van der Waals surface area contributed by atoms with Gasteiger partial charge in [0.1, 0.15) is 11.6 Å². The van der Waals surface area contributed by atoms with Gasteiger partial charge in [-0.25, -0.2) is 4.39 Å². The van der Waals surface area contributed by atoms with Gasteiger partial charge in [-0.3, -0.25) is 9.59 Å². The van der Waals surface area contributed by atoms with Crippen molar-refractivity contribution >= 4 is 40.0 Å². The second-order valence-corrected chi connectivity index (χ2v) is 8.60. The van der Waals surface area contributed by atoms with Crippen molar-refractivity contribution in [2.45, 2.75) is 12.5 Å². The number of amides is 1. The van der Waals surface area contributed by atoms with Crippen LogP contribution in [0.3, 0.4) is 0 Å². The maximum absolute atomic E-state index is 13.6. The predicted molar refractivity (Wildman–Crippen MR) is 129 cm³/mol. The van der Waals surface area contributed by atoms with Crippen molar-refractivity contribution in [3.05, 3.63) is 112 Å². The van der Waals surface area contributed by atoms with Crippen LogP contribution in [0, 0.1) is 5.82 Å². The number of likely N-dealkylation sites (tertiary alicyclic amines) is 1. The topological polar surface area (TPSA) is 73.4 Å². The molecule has 170 valence electrons. The van der Waals surface area contributed by atoms with Crippen molar-refractivity contribution in [1.82, 2.24) is 9.88 Å². The molecule has 1 atom stereocenters. The highest BCUT2D eigenvalue weighted by Crippen LogP contribution is 2.39. The van der Waals surface area contributed by atoms with Gasteiger partial charge in [0.25, 0.3) is 11.7 Å². The molecule has 2 heterocycles. The van der Waals surface area contributed by atoms with Gasteiger partial charge in [0.2, 0.25) is 0 Å². The molecule has 34 heavy (non-hydrogen) atoms. The van der Waals surface area contributed by atoms with Gasteiger partial charge >= 0.3 is 0 Å². The van der Waals surface area contributed by atoms with Crippen molar-refractivity contribution in [1.29, 1.82) is 0 Å². The molecule has 1 aliphatic rings. The number of aliphatic hydroxyl groups is 1. The summed E-state index contributed by atoms with van der Waals surface area (Å²) in [6, 6.07) is 19.0. The number of benzene rings is 3. The van der Waals surface area contributed by atoms with E-state index in [9.17, 15) is 19.1 Å². The molecule has 0 aliphatic carbocycles. The zero-order valence-corrected chi connectivity index (χ0v) is 18.7. The molecule has 1 saturated heterocycles. The fourth-order valence-corrected chi connectivity index (χ4v) is 4.57. The van der Waals surface area contributed by atoms with E-state index in [0.29, 0.717) is 22.6 Å². The highest BCUT2D eigenvalue weighted by Gasteiger charge is 2.45. The number of nitrogens with one attached hydrogen (secondary N) is 1. The minimum atomic E-state index is -0.846. The van der Waals surface area contributed by atoms with Gasteiger partial charge in [0.05, 0.1) is 11.6 Å². The van der Waals surface area contributed by atoms with Gasteiger partial charge in [-0.1, -0.05) is 41.9 Å². The molecule has 3 aromatic carbocycles. The minimum absolute atomic E-state index is 0.0298. The molecule has 0 bridgehead atoms. The number of aliphatic hydroxyl groups excluding tert-OH is 1. The lowest BCUT2D eigenvalue weighted by Gasteiger charge is -2.25. The largest absolute Gasteiger partial charge is 0.507 e. The Kier molecular flexibility index (Phi) is 5.67. The van der Waals surface area contributed by atoms with Crippen LogP contribution < -0.4 is 0 Å². The summed E-state index contributed by atoms with van der Waals surface area (Å²) in [5, 5.41) is 12.6. The van der Waals surface area contributed by atoms with Crippen LogP contribution in [-0.4, -0.2) is 33.2 Å². The SMILES string of the molecule is O=C1C(=O)N(CCc2c[nH]c3ccccc23)C(c2ccc(F)cc2)/C1=C(/O)c1ccc(Cl)cc1. The summed E-state index contributed by atoms with van der Waals surface area (Å²) in [5.41, 5.74) is 2.87. The second kappa shape index (κ2) is 8.80. The maximum Gasteiger partial charge on any atom is 0.295 e. The average molecular weight is 475 g/mol. The lowest BCUT2D eigenvalue weighted by Crippen LogP contribution is -2.31. The van der Waals surface area contributed by atoms with E-state index in [1.54, 1.807) is 24.3 Å². The molecule has 1 aromatic heterocycles. The Labute approximate surface area is 200 Å². The summed E-state index contributed by atoms with van der Waals surface area (Å²) in [4.78, 5) is 30.9. The fourth-order valence-electron chi connectivity index (χ4n) is 4.44. The summed E-state index contributed by atoms with van der Waals surface area (Å²) in [5.74, 6) is -2.21. The van der Waals surface area contributed by atoms with Crippen molar-refractivity contribution in [3.8, 4) is 0 Å². The molecule has 4 aromatic rings. The molecule has 5 rings (SSSR count). The average Bonchev–Trinajstić information content (AvgIpc) is 3.37. The molecule has 0 radical (unpaired) electrons. The van der Waals surface area contributed by atoms with Gasteiger partial charge in [-0.2, -0.15) is 0 Å². The fraction of sp³-hybridized carbons (Fsp3) is 0.111. The molecule has 0 saturated carbocycles. The van der Waals surface area contributed by atoms with Crippen molar-refractivity contribution < 1.29 is 19.1 Å². The maximum atomic E-state index is 13.6. The van der Waals surface area contributed by atoms with E-state index in [2.05, 4.69) is 4.98 Å². The molecule has 1 fully saturated rings. The third kappa shape index (κ3) is 3.86. The normalized spacial score (nSPS) is 17.6. The number of H-pyrrole nitrogens is 1. The monoisotopic (exact) mass is 474 g/mol. The van der Waals surface area contributed by atoms with Gasteiger partial charge in [0.15, 0.2) is 0 Å². The van der Waals surface area contributed by atoms with Crippen molar-refractivity contribution in [3.63, 3.8) is 0 Å². The number of fused-ring (bicyclic) bond motifs is 1. The van der Waals surface area contributed by atoms with Crippen LogP contribution in [-0.2, 0) is 16.0 Å². The molecule has 1 unspecified atom stereocenters. The van der Waals surface area contributed by atoms with Crippen LogP contribution in [0.25, 0.3) is 16.7 Å². The molecular weight excluding hydrogens is 455 g/mol. The van der Waals surface area contributed by atoms with Crippen LogP contribution in [0.15, 0.2) is 84.6 Å². The first-order chi connectivity index (χ1) is 16.4. The van der Waals surface area contributed by atoms with E-state index in [1.807, 2.05) is 30.5 Å². The minimum Gasteiger partial charge on any atom is -0.507 e. The number of hydrogen-bond donors (Lipinski definition) is 2. The lowest BCUT2D eigenvalue weighted by molar-refractivity contribution is -0.139. The van der Waals surface area contributed by atoms with Crippen LogP contribution in [0.5, 0.6) is 0 Å². The zero-order valence-electron chi connectivity index (χ0n) is 18.0. The number of Topliss-reactive ketones (excluding diaryl/α,β-unsaturated/α-hetero) is 1. The van der Waals surface area contributed by atoms with Crippen molar-refractivity contribution in [2.24, 2.45) is 0 Å². The van der Waals surface area contributed by atoms with E-state index in [-0.39, 0.29) is 17.9 Å². The first kappa shape index (κ1) is 21.9. The number of rotatable bonds is 5. The Morgan fingerprint density at radius 2 is 1.71 bits per heavy atom. The van der Waals surface area contributed by atoms with Gasteiger partial charge in [-0.15, -0.1) is 0 Å². The molecule has 0 spiro atoms. The first-order valence-electron chi connectivity index (χ1n) is 10.8. The van der Waals surface area contributed by atoms with Gasteiger partial charge < -0.3 is 15.0 Å². The van der Waals surface area contributed by atoms with Crippen LogP contribution >= 0.6 is 11.6 Å². The summed E-state index contributed by atoms with van der Waals surface area (Å²) >= 11 is 5.96. The third-order valence-electron chi connectivity index (χ3n) is 6.14. The van der Waals surface area contributed by atoms with Crippen LogP contribution in [0.2, 0.25) is 5.02 Å². The van der Waals surface area contributed by atoms with E-state index in [0.717, 1.165) is 16.5 Å². The number of carbonyl (C=O) groups is 2. The number of halogens is 2. The van der Waals surface area contributed by atoms with Crippen molar-refractivity contribution in [2.75, 3.05) is 6.54 Å². The lowest BCUT2D eigenvalue weighted by atomic mass is 9.95. The van der Waals surface area contributed by atoms with E-state index < -0.39 is 23.5 Å². The highest BCUT2D eigenvalue weighted by molar-refractivity contribution is 6.46. The quantitative estimate of drug-likeness (QED) is 0.224. The van der Waals surface area contributed by atoms with Gasteiger partial charge in [0, 0.05) is 34.2 Å². The van der Waals surface area contributed by atoms with Crippen LogP contribution in [0.4, 0.5) is 4.39 Å². The first-order valence-corrected chi connectivity index (χ1v) is 11.2. The Morgan fingerprint density at radius 1 is 1.00 bits per heavy atom. The summed E-state index contributed by atoms with van der Waals surface area (Å²) in [6.45, 7) is 0.242. The third-order valence-corrected chi connectivity index (χ3v) is 6.39. The Hall–Kier alpha value is -3.90. The summed E-state index contributed by atoms with van der Waals surface area (Å²) in [7, 11) is 0. The number of ketones is 1. The highest BCUT2D eigenvalue weighted by atomic mass is 35.5.